The number of imidazole rings is 1. The molecule has 3 aromatic rings. The summed E-state index contributed by atoms with van der Waals surface area (Å²) < 4.78 is 8.09. The zero-order valence-electron chi connectivity index (χ0n) is 14.3. The van der Waals surface area contributed by atoms with Crippen molar-refractivity contribution in [3.63, 3.8) is 0 Å². The summed E-state index contributed by atoms with van der Waals surface area (Å²) in [6.45, 7) is 2.17. The van der Waals surface area contributed by atoms with Gasteiger partial charge in [-0.2, -0.15) is 0 Å². The van der Waals surface area contributed by atoms with Crippen LogP contribution >= 0.6 is 0 Å². The van der Waals surface area contributed by atoms with Gasteiger partial charge in [-0.05, 0) is 62.4 Å². The van der Waals surface area contributed by atoms with Crippen LogP contribution in [0.15, 0.2) is 48.8 Å². The first-order chi connectivity index (χ1) is 12.2. The molecule has 2 aromatic carbocycles. The van der Waals surface area contributed by atoms with E-state index in [0.29, 0.717) is 11.7 Å². The van der Waals surface area contributed by atoms with E-state index in [9.17, 15) is 4.79 Å². The molecule has 1 fully saturated rings. The average Bonchev–Trinajstić information content (AvgIpc) is 3.07. The molecule has 1 saturated heterocycles. The number of fused-ring (bicyclic) bond motifs is 1. The lowest BCUT2D eigenvalue weighted by Gasteiger charge is -2.29. The predicted octanol–water partition coefficient (Wildman–Crippen LogP) is 3.31. The maximum atomic E-state index is 11.0. The van der Waals surface area contributed by atoms with E-state index in [0.717, 1.165) is 54.7 Å². The van der Waals surface area contributed by atoms with E-state index in [-0.39, 0.29) is 0 Å². The fourth-order valence-electron chi connectivity index (χ4n) is 3.28. The van der Waals surface area contributed by atoms with Gasteiger partial charge in [-0.15, -0.1) is 0 Å². The maximum Gasteiger partial charge on any atom is 0.150 e. The van der Waals surface area contributed by atoms with Gasteiger partial charge in [0.1, 0.15) is 24.5 Å². The molecule has 4 rings (SSSR count). The van der Waals surface area contributed by atoms with Crippen LogP contribution in [-0.4, -0.2) is 47.0 Å². The minimum Gasteiger partial charge on any atom is -0.490 e. The minimum absolute atomic E-state index is 0.297. The lowest BCUT2D eigenvalue weighted by Crippen LogP contribution is -2.35. The fraction of sp³-hybridized carbons (Fsp3) is 0.300. The molecule has 0 amide bonds. The van der Waals surface area contributed by atoms with Crippen LogP contribution in [0.2, 0.25) is 0 Å². The second-order valence-corrected chi connectivity index (χ2v) is 6.59. The number of hydrogen-bond acceptors (Lipinski definition) is 4. The lowest BCUT2D eigenvalue weighted by atomic mass is 10.1. The van der Waals surface area contributed by atoms with Gasteiger partial charge in [-0.1, -0.05) is 0 Å². The Kier molecular flexibility index (Phi) is 4.24. The highest BCUT2D eigenvalue weighted by Gasteiger charge is 2.18. The maximum absolute atomic E-state index is 11.0. The van der Waals surface area contributed by atoms with Gasteiger partial charge in [0, 0.05) is 24.3 Å². The molecule has 1 aromatic heterocycles. The molecule has 0 atom stereocenters. The van der Waals surface area contributed by atoms with Gasteiger partial charge in [-0.25, -0.2) is 4.98 Å². The Labute approximate surface area is 146 Å². The fourth-order valence-corrected chi connectivity index (χ4v) is 3.28. The number of aromatic nitrogens is 2. The molecule has 5 heteroatoms. The zero-order chi connectivity index (χ0) is 17.2. The van der Waals surface area contributed by atoms with Crippen LogP contribution in [0.3, 0.4) is 0 Å². The first-order valence-electron chi connectivity index (χ1n) is 8.61. The van der Waals surface area contributed by atoms with Crippen molar-refractivity contribution in [1.29, 1.82) is 0 Å². The van der Waals surface area contributed by atoms with Gasteiger partial charge in [0.2, 0.25) is 0 Å². The summed E-state index contributed by atoms with van der Waals surface area (Å²) >= 11 is 0. The van der Waals surface area contributed by atoms with Crippen LogP contribution in [-0.2, 0) is 0 Å². The molecule has 1 aliphatic rings. The molecule has 128 valence electrons. The first-order valence-corrected chi connectivity index (χ1v) is 8.61. The van der Waals surface area contributed by atoms with Crippen molar-refractivity contribution in [2.75, 3.05) is 20.1 Å². The highest BCUT2D eigenvalue weighted by atomic mass is 16.5. The Hall–Kier alpha value is -2.66. The van der Waals surface area contributed by atoms with Crippen molar-refractivity contribution in [3.05, 3.63) is 54.4 Å². The quantitative estimate of drug-likeness (QED) is 0.686. The van der Waals surface area contributed by atoms with Crippen LogP contribution in [0.1, 0.15) is 23.2 Å². The zero-order valence-corrected chi connectivity index (χ0v) is 14.3. The molecule has 0 aliphatic carbocycles. The molecule has 0 N–H and O–H groups in total. The standard InChI is InChI=1S/C20H21N3O2/c1-22-10-8-18(9-11-22)25-17-5-3-16(4-6-17)23-14-21-19-7-2-15(13-24)12-20(19)23/h2-7,12-14,18H,8-11H2,1H3. The van der Waals surface area contributed by atoms with Crippen molar-refractivity contribution in [2.45, 2.75) is 18.9 Å². The van der Waals surface area contributed by atoms with E-state index in [1.807, 2.05) is 41.0 Å². The third kappa shape index (κ3) is 3.28. The number of carbonyl (C=O) groups is 1. The Bertz CT molecular complexity index is 878. The smallest absolute Gasteiger partial charge is 0.150 e. The molecule has 2 heterocycles. The van der Waals surface area contributed by atoms with Gasteiger partial charge in [0.15, 0.2) is 0 Å². The normalized spacial score (nSPS) is 16.2. The molecule has 0 unspecified atom stereocenters. The van der Waals surface area contributed by atoms with E-state index >= 15 is 0 Å². The van der Waals surface area contributed by atoms with E-state index < -0.39 is 0 Å². The van der Waals surface area contributed by atoms with E-state index in [2.05, 4.69) is 16.9 Å². The summed E-state index contributed by atoms with van der Waals surface area (Å²) in [7, 11) is 2.15. The summed E-state index contributed by atoms with van der Waals surface area (Å²) in [5, 5.41) is 0. The summed E-state index contributed by atoms with van der Waals surface area (Å²) in [5.41, 5.74) is 3.45. The Morgan fingerprint density at radius 3 is 2.60 bits per heavy atom. The summed E-state index contributed by atoms with van der Waals surface area (Å²) in [5.74, 6) is 0.899. The van der Waals surface area contributed by atoms with E-state index in [4.69, 9.17) is 4.74 Å². The van der Waals surface area contributed by atoms with Gasteiger partial charge < -0.3 is 9.64 Å². The number of aldehydes is 1. The van der Waals surface area contributed by atoms with Crippen molar-refractivity contribution >= 4 is 17.3 Å². The molecular formula is C20H21N3O2. The number of carbonyl (C=O) groups excluding carboxylic acids is 1. The molecular weight excluding hydrogens is 314 g/mol. The van der Waals surface area contributed by atoms with E-state index in [1.54, 1.807) is 12.4 Å². The van der Waals surface area contributed by atoms with Gasteiger partial charge in [0.05, 0.1) is 11.0 Å². The summed E-state index contributed by atoms with van der Waals surface area (Å²) in [4.78, 5) is 17.8. The van der Waals surface area contributed by atoms with Crippen molar-refractivity contribution in [1.82, 2.24) is 14.5 Å². The highest BCUT2D eigenvalue weighted by Crippen LogP contribution is 2.23. The number of rotatable bonds is 4. The highest BCUT2D eigenvalue weighted by molar-refractivity contribution is 5.85. The number of likely N-dealkylation sites (tertiary alicyclic amines) is 1. The Morgan fingerprint density at radius 2 is 1.88 bits per heavy atom. The number of ether oxygens (including phenoxy) is 1. The second kappa shape index (κ2) is 6.69. The largest absolute Gasteiger partial charge is 0.490 e. The average molecular weight is 335 g/mol. The van der Waals surface area contributed by atoms with Crippen molar-refractivity contribution in [2.24, 2.45) is 0 Å². The second-order valence-electron chi connectivity index (χ2n) is 6.59. The van der Waals surface area contributed by atoms with E-state index in [1.165, 1.54) is 0 Å². The van der Waals surface area contributed by atoms with Crippen molar-refractivity contribution < 1.29 is 9.53 Å². The van der Waals surface area contributed by atoms with Crippen LogP contribution in [0.25, 0.3) is 16.7 Å². The molecule has 5 nitrogen and oxygen atoms in total. The molecule has 1 aliphatic heterocycles. The summed E-state index contributed by atoms with van der Waals surface area (Å²) in [6, 6.07) is 13.6. The summed E-state index contributed by atoms with van der Waals surface area (Å²) in [6.07, 6.45) is 5.07. The van der Waals surface area contributed by atoms with Gasteiger partial charge >= 0.3 is 0 Å². The lowest BCUT2D eigenvalue weighted by molar-refractivity contribution is 0.112. The number of nitrogens with zero attached hydrogens (tertiary/aromatic N) is 3. The number of benzene rings is 2. The van der Waals surface area contributed by atoms with Gasteiger partial charge in [0.25, 0.3) is 0 Å². The van der Waals surface area contributed by atoms with Crippen molar-refractivity contribution in [3.8, 4) is 11.4 Å². The topological polar surface area (TPSA) is 47.4 Å². The Balaban J connectivity index is 1.55. The van der Waals surface area contributed by atoms with Crippen LogP contribution < -0.4 is 4.74 Å². The SMILES string of the molecule is CN1CCC(Oc2ccc(-n3cnc4ccc(C=O)cc43)cc2)CC1. The van der Waals surface area contributed by atoms with Crippen LogP contribution in [0.4, 0.5) is 0 Å². The molecule has 0 saturated carbocycles. The number of piperidine rings is 1. The molecule has 25 heavy (non-hydrogen) atoms. The first kappa shape index (κ1) is 15.8. The molecule has 0 bridgehead atoms. The Morgan fingerprint density at radius 1 is 1.12 bits per heavy atom. The monoisotopic (exact) mass is 335 g/mol. The molecule has 0 spiro atoms. The predicted molar refractivity (Wildman–Crippen MR) is 97.6 cm³/mol. The molecule has 0 radical (unpaired) electrons. The van der Waals surface area contributed by atoms with Crippen LogP contribution in [0.5, 0.6) is 5.75 Å². The van der Waals surface area contributed by atoms with Gasteiger partial charge in [-0.3, -0.25) is 9.36 Å². The number of hydrogen-bond donors (Lipinski definition) is 0. The van der Waals surface area contributed by atoms with Crippen LogP contribution in [0, 0.1) is 0 Å². The third-order valence-electron chi connectivity index (χ3n) is 4.79. The minimum atomic E-state index is 0.297. The third-order valence-corrected chi connectivity index (χ3v) is 4.79.